The molecule has 0 atom stereocenters. The average Bonchev–Trinajstić information content (AvgIpc) is 2.66. The summed E-state index contributed by atoms with van der Waals surface area (Å²) in [5.41, 5.74) is 7.83. The Bertz CT molecular complexity index is 1290. The third kappa shape index (κ3) is 5.96. The van der Waals surface area contributed by atoms with Gasteiger partial charge < -0.3 is 5.73 Å². The second-order valence-electron chi connectivity index (χ2n) is 5.70. The van der Waals surface area contributed by atoms with Gasteiger partial charge in [0.1, 0.15) is 11.0 Å². The summed E-state index contributed by atoms with van der Waals surface area (Å²) >= 11 is 0. The van der Waals surface area contributed by atoms with E-state index < -0.39 is 36.7 Å². The minimum atomic E-state index is -4.63. The van der Waals surface area contributed by atoms with Crippen LogP contribution in [-0.2, 0) is 20.2 Å². The molecule has 0 aliphatic carbocycles. The van der Waals surface area contributed by atoms with E-state index in [1.54, 1.807) is 6.07 Å². The lowest BCUT2D eigenvalue weighted by Crippen LogP contribution is -2.21. The van der Waals surface area contributed by atoms with Gasteiger partial charge in [-0.15, -0.1) is 0 Å². The zero-order chi connectivity index (χ0) is 22.5. The van der Waals surface area contributed by atoms with E-state index >= 15 is 0 Å². The number of nitrogens with one attached hydrogen (secondary N) is 2. The van der Waals surface area contributed by atoms with Crippen LogP contribution in [0.2, 0.25) is 0 Å². The van der Waals surface area contributed by atoms with Crippen LogP contribution in [0.1, 0.15) is 11.1 Å². The van der Waals surface area contributed by atoms with E-state index in [0.29, 0.717) is 5.56 Å². The molecule has 0 unspecified atom stereocenters. The van der Waals surface area contributed by atoms with Gasteiger partial charge in [0, 0.05) is 0 Å². The normalized spacial score (nSPS) is 12.5. The summed E-state index contributed by atoms with van der Waals surface area (Å²) in [5, 5.41) is 19.6. The Morgan fingerprint density at radius 2 is 1.70 bits per heavy atom. The smallest absolute Gasteiger partial charge is 0.295 e. The highest BCUT2D eigenvalue weighted by atomic mass is 32.2. The molecule has 30 heavy (non-hydrogen) atoms. The van der Waals surface area contributed by atoms with Crippen LogP contribution in [0.4, 0.5) is 5.69 Å². The molecule has 6 N–H and O–H groups in total. The molecule has 0 saturated heterocycles. The maximum atomic E-state index is 11.7. The topological polar surface area (TPSA) is 207 Å². The minimum Gasteiger partial charge on any atom is -0.382 e. The van der Waals surface area contributed by atoms with Gasteiger partial charge in [0.05, 0.1) is 10.6 Å². The van der Waals surface area contributed by atoms with Gasteiger partial charge in [0.2, 0.25) is 5.71 Å². The van der Waals surface area contributed by atoms with Gasteiger partial charge in [0.25, 0.3) is 20.2 Å². The predicted octanol–water partition coefficient (Wildman–Crippen LogP) is 1.58. The van der Waals surface area contributed by atoms with E-state index in [1.807, 2.05) is 0 Å². The van der Waals surface area contributed by atoms with Gasteiger partial charge >= 0.3 is 0 Å². The van der Waals surface area contributed by atoms with Crippen molar-refractivity contribution in [2.24, 2.45) is 10.8 Å². The Hall–Kier alpha value is -3.57. The molecule has 156 valence electrons. The van der Waals surface area contributed by atoms with E-state index in [1.165, 1.54) is 48.6 Å². The number of nitriles is 1. The van der Waals surface area contributed by atoms with Gasteiger partial charge in [-0.25, -0.2) is 0 Å². The molecule has 2 aromatic rings. The van der Waals surface area contributed by atoms with E-state index in [2.05, 4.69) is 10.5 Å². The van der Waals surface area contributed by atoms with Crippen molar-refractivity contribution in [3.8, 4) is 6.07 Å². The molecule has 13 heteroatoms. The largest absolute Gasteiger partial charge is 0.382 e. The summed E-state index contributed by atoms with van der Waals surface area (Å²) in [6.07, 6.45) is 2.83. The van der Waals surface area contributed by atoms with Crippen molar-refractivity contribution in [2.75, 3.05) is 5.43 Å². The quantitative estimate of drug-likeness (QED) is 0.136. The Kier molecular flexibility index (Phi) is 6.70. The second-order valence-corrected chi connectivity index (χ2v) is 8.51. The molecule has 0 spiro atoms. The van der Waals surface area contributed by atoms with E-state index in [9.17, 15) is 21.4 Å². The van der Waals surface area contributed by atoms with Crippen molar-refractivity contribution in [3.63, 3.8) is 0 Å². The first kappa shape index (κ1) is 22.7. The van der Waals surface area contributed by atoms with Gasteiger partial charge in [-0.3, -0.25) is 19.9 Å². The summed E-state index contributed by atoms with van der Waals surface area (Å²) in [7, 11) is -8.96. The molecule has 0 fully saturated rings. The van der Waals surface area contributed by atoms with E-state index in [0.717, 1.165) is 6.07 Å². The fraction of sp³-hybridized carbons (Fsp3) is 0. The first-order chi connectivity index (χ1) is 13.9. The van der Waals surface area contributed by atoms with Crippen LogP contribution in [0.25, 0.3) is 12.2 Å². The number of hydrogen-bond acceptors (Lipinski definition) is 8. The van der Waals surface area contributed by atoms with Crippen molar-refractivity contribution < 1.29 is 25.9 Å². The average molecular weight is 449 g/mol. The molecule has 2 rings (SSSR count). The Morgan fingerprint density at radius 1 is 1.07 bits per heavy atom. The van der Waals surface area contributed by atoms with Crippen molar-refractivity contribution in [1.82, 2.24) is 0 Å². The Labute approximate surface area is 172 Å². The number of rotatable bonds is 7. The SMILES string of the molecule is N#C/C(=N\Nc1ccc(C=Cc2ccc(S(=O)(=O)O)cc2)c(S(=O)(=O)O)c1)C(=N)N. The monoisotopic (exact) mass is 449 g/mol. The van der Waals surface area contributed by atoms with Crippen molar-refractivity contribution in [2.45, 2.75) is 9.79 Å². The minimum absolute atomic E-state index is 0.103. The number of nitrogens with two attached hydrogens (primary N) is 1. The third-order valence-corrected chi connectivity index (χ3v) is 5.36. The molecule has 0 amide bonds. The lowest BCUT2D eigenvalue weighted by Gasteiger charge is -2.07. The molecular formula is C17H15N5O6S2. The molecule has 0 bridgehead atoms. The number of amidine groups is 1. The van der Waals surface area contributed by atoms with Crippen molar-refractivity contribution in [3.05, 3.63) is 53.6 Å². The maximum Gasteiger partial charge on any atom is 0.295 e. The zero-order valence-electron chi connectivity index (χ0n) is 15.0. The van der Waals surface area contributed by atoms with Crippen LogP contribution in [0.3, 0.4) is 0 Å². The molecule has 2 aromatic carbocycles. The van der Waals surface area contributed by atoms with Crippen LogP contribution in [0, 0.1) is 16.7 Å². The fourth-order valence-corrected chi connectivity index (χ4v) is 3.36. The summed E-state index contributed by atoms with van der Waals surface area (Å²) < 4.78 is 64.0. The van der Waals surface area contributed by atoms with Crippen LogP contribution in [-0.4, -0.2) is 37.5 Å². The predicted molar refractivity (Wildman–Crippen MR) is 110 cm³/mol. The highest BCUT2D eigenvalue weighted by Crippen LogP contribution is 2.23. The Morgan fingerprint density at radius 3 is 2.20 bits per heavy atom. The van der Waals surface area contributed by atoms with Gasteiger partial charge in [-0.05, 0) is 35.4 Å². The highest BCUT2D eigenvalue weighted by Gasteiger charge is 2.15. The summed E-state index contributed by atoms with van der Waals surface area (Å²) in [6, 6.07) is 10.5. The van der Waals surface area contributed by atoms with Gasteiger partial charge in [-0.1, -0.05) is 30.4 Å². The van der Waals surface area contributed by atoms with Gasteiger partial charge in [-0.2, -0.15) is 27.2 Å². The van der Waals surface area contributed by atoms with E-state index in [4.69, 9.17) is 21.0 Å². The lowest BCUT2D eigenvalue weighted by molar-refractivity contribution is 0.481. The molecular weight excluding hydrogens is 434 g/mol. The Balaban J connectivity index is 2.38. The molecule has 0 aromatic heterocycles. The summed E-state index contributed by atoms with van der Waals surface area (Å²) in [4.78, 5) is -0.758. The van der Waals surface area contributed by atoms with Crippen LogP contribution in [0.5, 0.6) is 0 Å². The molecule has 0 aliphatic rings. The second kappa shape index (κ2) is 8.84. The summed E-state index contributed by atoms with van der Waals surface area (Å²) in [5.74, 6) is -0.584. The van der Waals surface area contributed by atoms with Crippen LogP contribution < -0.4 is 11.2 Å². The number of hydrazone groups is 1. The van der Waals surface area contributed by atoms with Gasteiger partial charge in [0.15, 0.2) is 5.84 Å². The first-order valence-electron chi connectivity index (χ1n) is 7.87. The fourth-order valence-electron chi connectivity index (χ4n) is 2.17. The number of nitrogens with zero attached hydrogens (tertiary/aromatic N) is 2. The van der Waals surface area contributed by atoms with Crippen molar-refractivity contribution >= 4 is 49.6 Å². The molecule has 11 nitrogen and oxygen atoms in total. The molecule has 0 aliphatic heterocycles. The highest BCUT2D eigenvalue weighted by molar-refractivity contribution is 7.86. The number of anilines is 1. The molecule has 0 radical (unpaired) electrons. The zero-order valence-corrected chi connectivity index (χ0v) is 16.6. The number of benzene rings is 2. The molecule has 0 saturated carbocycles. The molecule has 0 heterocycles. The van der Waals surface area contributed by atoms with Crippen molar-refractivity contribution in [1.29, 1.82) is 10.7 Å². The standard InChI is InChI=1S/C17H15N5O6S2/c18-10-15(17(19)20)22-21-13-6-5-12(16(9-13)30(26,27)28)4-1-11-2-7-14(8-3-11)29(23,24)25/h1-9,21H,(H3,19,20)(H,23,24,25)(H,26,27,28)/b4-1?,22-15+. The number of hydrogen-bond donors (Lipinski definition) is 5. The maximum absolute atomic E-state index is 11.7. The van der Waals surface area contributed by atoms with Crippen LogP contribution in [0.15, 0.2) is 57.4 Å². The third-order valence-electron chi connectivity index (χ3n) is 3.58. The summed E-state index contributed by atoms with van der Waals surface area (Å²) in [6.45, 7) is 0. The van der Waals surface area contributed by atoms with Crippen LogP contribution >= 0.6 is 0 Å². The first-order valence-corrected chi connectivity index (χ1v) is 10.7. The lowest BCUT2D eigenvalue weighted by atomic mass is 10.1. The van der Waals surface area contributed by atoms with E-state index in [-0.39, 0.29) is 16.1 Å².